The van der Waals surface area contributed by atoms with Crippen molar-refractivity contribution in [1.29, 1.82) is 0 Å². The summed E-state index contributed by atoms with van der Waals surface area (Å²) in [5.41, 5.74) is 2.31. The van der Waals surface area contributed by atoms with Gasteiger partial charge in [0.2, 0.25) is 5.78 Å². The number of Topliss-reactive ketones (excluding diaryl/α,β-unsaturated/α-hetero) is 2. The molecule has 0 fully saturated rings. The van der Waals surface area contributed by atoms with Gasteiger partial charge in [0.25, 0.3) is 0 Å². The first-order chi connectivity index (χ1) is 8.57. The Labute approximate surface area is 106 Å². The van der Waals surface area contributed by atoms with Crippen LogP contribution in [0.25, 0.3) is 0 Å². The molecule has 1 aromatic heterocycles. The van der Waals surface area contributed by atoms with Crippen LogP contribution in [0.15, 0.2) is 34.0 Å². The van der Waals surface area contributed by atoms with E-state index in [4.69, 9.17) is 4.42 Å². The molecule has 0 radical (unpaired) electrons. The van der Waals surface area contributed by atoms with Crippen LogP contribution in [-0.2, 0) is 0 Å². The Hall–Kier alpha value is -1.90. The Bertz CT molecular complexity index is 571. The Morgan fingerprint density at radius 1 is 1.22 bits per heavy atom. The van der Waals surface area contributed by atoms with Gasteiger partial charge in [0.15, 0.2) is 11.5 Å². The van der Waals surface area contributed by atoms with Crippen molar-refractivity contribution in [2.75, 3.05) is 0 Å². The average Bonchev–Trinajstić information content (AvgIpc) is 2.73. The summed E-state index contributed by atoms with van der Waals surface area (Å²) in [5.74, 6) is -0.00962. The fraction of sp³-hybridized carbons (Fsp3) is 0.333. The predicted octanol–water partition coefficient (Wildman–Crippen LogP) is 3.64. The molecule has 18 heavy (non-hydrogen) atoms. The molecule has 0 N–H and O–H groups in total. The molecular weight excluding hydrogens is 228 g/mol. The van der Waals surface area contributed by atoms with E-state index in [0.29, 0.717) is 23.1 Å². The lowest BCUT2D eigenvalue weighted by Crippen LogP contribution is -2.20. The number of furan rings is 1. The zero-order valence-corrected chi connectivity index (χ0v) is 10.9. The van der Waals surface area contributed by atoms with E-state index >= 15 is 0 Å². The van der Waals surface area contributed by atoms with E-state index in [1.165, 1.54) is 6.26 Å². The summed E-state index contributed by atoms with van der Waals surface area (Å²) in [6, 6.07) is 0. The number of rotatable bonds is 3. The van der Waals surface area contributed by atoms with Crippen molar-refractivity contribution in [3.63, 3.8) is 0 Å². The zero-order valence-electron chi connectivity index (χ0n) is 10.9. The third-order valence-corrected chi connectivity index (χ3v) is 3.27. The second-order valence-corrected chi connectivity index (χ2v) is 4.49. The highest BCUT2D eigenvalue weighted by atomic mass is 16.3. The number of hydrogen-bond acceptors (Lipinski definition) is 3. The van der Waals surface area contributed by atoms with Gasteiger partial charge in [-0.2, -0.15) is 0 Å². The molecule has 3 nitrogen and oxygen atoms in total. The van der Waals surface area contributed by atoms with E-state index in [1.54, 1.807) is 13.8 Å². The number of fused-ring (bicyclic) bond motifs is 1. The minimum atomic E-state index is -0.139. The topological polar surface area (TPSA) is 47.3 Å². The van der Waals surface area contributed by atoms with E-state index in [2.05, 4.69) is 0 Å². The molecule has 0 saturated heterocycles. The summed E-state index contributed by atoms with van der Waals surface area (Å²) in [6.07, 6.45) is 6.74. The number of hydrogen-bond donors (Lipinski definition) is 0. The van der Waals surface area contributed by atoms with E-state index in [0.717, 1.165) is 12.0 Å². The molecule has 3 heteroatoms. The van der Waals surface area contributed by atoms with Crippen LogP contribution in [0.1, 0.15) is 53.2 Å². The van der Waals surface area contributed by atoms with Crippen LogP contribution in [0.3, 0.4) is 0 Å². The minimum absolute atomic E-state index is 0.0775. The van der Waals surface area contributed by atoms with Crippen molar-refractivity contribution in [3.05, 3.63) is 46.4 Å². The van der Waals surface area contributed by atoms with Crippen LogP contribution in [0.5, 0.6) is 0 Å². The maximum atomic E-state index is 12.3. The molecule has 0 aromatic carbocycles. The molecular formula is C15H16O3. The number of carbonyl (C=O) groups excluding carboxylic acids is 2. The molecule has 1 aliphatic rings. The standard InChI is InChI=1S/C15H16O3/c1-4-5-6-7-11-10(3)13(16)12-9(2)8-18-15(12)14(11)17/h4-5,8H,6-7H2,1-3H3/b5-4-. The summed E-state index contributed by atoms with van der Waals surface area (Å²) >= 11 is 0. The average molecular weight is 244 g/mol. The molecule has 0 saturated carbocycles. The third-order valence-electron chi connectivity index (χ3n) is 3.27. The first kappa shape index (κ1) is 12.6. The van der Waals surface area contributed by atoms with Gasteiger partial charge in [0.1, 0.15) is 0 Å². The van der Waals surface area contributed by atoms with Crippen molar-refractivity contribution in [2.45, 2.75) is 33.6 Å². The summed E-state index contributed by atoms with van der Waals surface area (Å²) < 4.78 is 5.23. The number of ketones is 2. The smallest absolute Gasteiger partial charge is 0.225 e. The first-order valence-electron chi connectivity index (χ1n) is 6.06. The summed E-state index contributed by atoms with van der Waals surface area (Å²) in [4.78, 5) is 24.5. The predicted molar refractivity (Wildman–Crippen MR) is 68.9 cm³/mol. The highest BCUT2D eigenvalue weighted by Gasteiger charge is 2.33. The molecule has 0 amide bonds. The van der Waals surface area contributed by atoms with Crippen LogP contribution in [0, 0.1) is 6.92 Å². The van der Waals surface area contributed by atoms with Gasteiger partial charge in [0, 0.05) is 11.1 Å². The first-order valence-corrected chi connectivity index (χ1v) is 6.06. The van der Waals surface area contributed by atoms with Gasteiger partial charge < -0.3 is 4.42 Å². The molecule has 0 atom stereocenters. The lowest BCUT2D eigenvalue weighted by molar-refractivity contribution is 0.0952. The molecule has 2 rings (SSSR count). The quantitative estimate of drug-likeness (QED) is 0.762. The summed E-state index contributed by atoms with van der Waals surface area (Å²) in [7, 11) is 0. The maximum absolute atomic E-state index is 12.3. The van der Waals surface area contributed by atoms with Gasteiger partial charge in [-0.15, -0.1) is 0 Å². The molecule has 1 heterocycles. The Morgan fingerprint density at radius 3 is 2.61 bits per heavy atom. The molecule has 1 aromatic rings. The van der Waals surface area contributed by atoms with Crippen LogP contribution < -0.4 is 0 Å². The fourth-order valence-corrected chi connectivity index (χ4v) is 2.22. The van der Waals surface area contributed by atoms with Gasteiger partial charge in [-0.05, 0) is 39.2 Å². The molecule has 94 valence electrons. The van der Waals surface area contributed by atoms with Gasteiger partial charge in [0.05, 0.1) is 11.8 Å². The Morgan fingerprint density at radius 2 is 1.94 bits per heavy atom. The van der Waals surface area contributed by atoms with Crippen molar-refractivity contribution < 1.29 is 14.0 Å². The van der Waals surface area contributed by atoms with Crippen LogP contribution in [0.4, 0.5) is 0 Å². The van der Waals surface area contributed by atoms with E-state index in [9.17, 15) is 9.59 Å². The summed E-state index contributed by atoms with van der Waals surface area (Å²) in [6.45, 7) is 5.44. The number of allylic oxidation sites excluding steroid dienone is 4. The van der Waals surface area contributed by atoms with Gasteiger partial charge in [-0.3, -0.25) is 9.59 Å². The van der Waals surface area contributed by atoms with Gasteiger partial charge in [-0.1, -0.05) is 12.2 Å². The molecule has 0 bridgehead atoms. The highest BCUT2D eigenvalue weighted by Crippen LogP contribution is 2.31. The highest BCUT2D eigenvalue weighted by molar-refractivity contribution is 6.26. The van der Waals surface area contributed by atoms with Gasteiger partial charge in [-0.25, -0.2) is 0 Å². The molecule has 0 aliphatic heterocycles. The van der Waals surface area contributed by atoms with Crippen molar-refractivity contribution in [1.82, 2.24) is 0 Å². The zero-order chi connectivity index (χ0) is 13.3. The lowest BCUT2D eigenvalue weighted by Gasteiger charge is -2.15. The fourth-order valence-electron chi connectivity index (χ4n) is 2.22. The largest absolute Gasteiger partial charge is 0.460 e. The van der Waals surface area contributed by atoms with Crippen LogP contribution >= 0.6 is 0 Å². The van der Waals surface area contributed by atoms with Crippen molar-refractivity contribution in [2.24, 2.45) is 0 Å². The number of carbonyl (C=O) groups is 2. The Balaban J connectivity index is 2.41. The maximum Gasteiger partial charge on any atom is 0.225 e. The van der Waals surface area contributed by atoms with E-state index < -0.39 is 0 Å². The van der Waals surface area contributed by atoms with Crippen molar-refractivity contribution >= 4 is 11.6 Å². The van der Waals surface area contributed by atoms with Gasteiger partial charge >= 0.3 is 0 Å². The van der Waals surface area contributed by atoms with E-state index in [1.807, 2.05) is 19.1 Å². The lowest BCUT2D eigenvalue weighted by atomic mass is 9.86. The molecule has 0 spiro atoms. The third kappa shape index (κ3) is 1.86. The Kier molecular flexibility index (Phi) is 3.32. The second-order valence-electron chi connectivity index (χ2n) is 4.49. The van der Waals surface area contributed by atoms with E-state index in [-0.39, 0.29) is 17.3 Å². The summed E-state index contributed by atoms with van der Waals surface area (Å²) in [5, 5.41) is 0. The number of aryl methyl sites for hydroxylation is 1. The normalized spacial score (nSPS) is 15.7. The van der Waals surface area contributed by atoms with Crippen LogP contribution in [0.2, 0.25) is 0 Å². The van der Waals surface area contributed by atoms with Crippen molar-refractivity contribution in [3.8, 4) is 0 Å². The molecule has 0 unspecified atom stereocenters. The second kappa shape index (κ2) is 4.77. The molecule has 1 aliphatic carbocycles. The minimum Gasteiger partial charge on any atom is -0.460 e. The monoisotopic (exact) mass is 244 g/mol. The SMILES string of the molecule is C/C=C\CCC1=C(C)C(=O)c2c(C)coc2C1=O. The van der Waals surface area contributed by atoms with Crippen LogP contribution in [-0.4, -0.2) is 11.6 Å².